The number of likely N-dealkylation sites (tertiary alicyclic amines) is 1. The zero-order valence-corrected chi connectivity index (χ0v) is 29.7. The minimum Gasteiger partial charge on any atom is -0.496 e. The number of aromatic nitrogens is 1. The first-order valence-corrected chi connectivity index (χ1v) is 17.8. The van der Waals surface area contributed by atoms with E-state index in [-0.39, 0.29) is 6.10 Å². The third-order valence-corrected chi connectivity index (χ3v) is 11.6. The smallest absolute Gasteiger partial charge is 0.325 e. The molecule has 2 fully saturated rings. The van der Waals surface area contributed by atoms with Crippen molar-refractivity contribution in [2.45, 2.75) is 74.0 Å². The maximum atomic E-state index is 12.7. The van der Waals surface area contributed by atoms with Gasteiger partial charge in [-0.2, -0.15) is 0 Å². The molecule has 1 aromatic heterocycles. The third kappa shape index (κ3) is 8.07. The molecule has 3 aliphatic heterocycles. The van der Waals surface area contributed by atoms with Crippen LogP contribution in [0.15, 0.2) is 24.3 Å². The molecule has 2 aromatic rings. The number of unbranched alkanes of at least 4 members (excludes halogenated alkanes) is 1. The molecule has 0 saturated carbocycles. The second-order valence-electron chi connectivity index (χ2n) is 11.6. The van der Waals surface area contributed by atoms with Gasteiger partial charge >= 0.3 is 5.97 Å². The van der Waals surface area contributed by atoms with Gasteiger partial charge in [0, 0.05) is 40.9 Å². The van der Waals surface area contributed by atoms with Gasteiger partial charge in [0.15, 0.2) is 0 Å². The Labute approximate surface area is 279 Å². The first-order chi connectivity index (χ1) is 20.3. The van der Waals surface area contributed by atoms with E-state index in [2.05, 4.69) is 68.8 Å². The quantitative estimate of drug-likeness (QED) is 0.0913. The van der Waals surface area contributed by atoms with E-state index in [9.17, 15) is 9.90 Å². The zero-order valence-electron chi connectivity index (χ0n) is 24.3. The maximum Gasteiger partial charge on any atom is 0.325 e. The number of carbonyl (C=O) groups is 1. The molecule has 3 aliphatic rings. The van der Waals surface area contributed by atoms with E-state index in [0.29, 0.717) is 23.1 Å². The van der Waals surface area contributed by atoms with E-state index >= 15 is 0 Å². The van der Waals surface area contributed by atoms with Crippen LogP contribution in [0.25, 0.3) is 0 Å². The molecule has 1 aromatic carbocycles. The number of carboxylic acid groups (broad SMARTS) is 1. The largest absolute Gasteiger partial charge is 0.496 e. The molecule has 0 amide bonds. The molecule has 5 rings (SSSR count). The summed E-state index contributed by atoms with van der Waals surface area (Å²) in [5, 5.41) is 11.4. The summed E-state index contributed by atoms with van der Waals surface area (Å²) in [6.07, 6.45) is 8.43. The van der Waals surface area contributed by atoms with Crippen LogP contribution >= 0.6 is 54.7 Å². The number of ether oxygens (including phenoxy) is 3. The van der Waals surface area contributed by atoms with Gasteiger partial charge in [0.1, 0.15) is 17.6 Å². The molecule has 1 N–H and O–H groups in total. The number of nitrogens with zero attached hydrogens (tertiary/aromatic N) is 3. The highest BCUT2D eigenvalue weighted by Crippen LogP contribution is 2.37. The van der Waals surface area contributed by atoms with E-state index < -0.39 is 12.0 Å². The lowest BCUT2D eigenvalue weighted by atomic mass is 9.98. The number of benzene rings is 1. The van der Waals surface area contributed by atoms with Crippen LogP contribution in [0.3, 0.4) is 0 Å². The molecule has 42 heavy (non-hydrogen) atoms. The standard InChI is InChI=1S/C31H42I2N3O5P/c1-39-28-15-22(34-30-25(28)6-4-12-36(30)33)5-2-3-7-27(32)20-10-13-35(17-20)29(31(37)38)26-16-24(42)9-8-21(26)18-41-23-11-14-40-19-23/h8-9,15-16,20,23,27,29H,2-7,10-14,17-19,42H2,1H3,(H,37,38)/t20?,23-,27?,29?/m0/s1. The molecule has 0 aliphatic carbocycles. The number of aryl methyl sites for hydroxylation is 1. The second kappa shape index (κ2) is 15.5. The number of fused-ring (bicyclic) bond motifs is 1. The van der Waals surface area contributed by atoms with Gasteiger partial charge < -0.3 is 19.3 Å². The number of alkyl halides is 1. The topological polar surface area (TPSA) is 84.4 Å². The van der Waals surface area contributed by atoms with E-state index in [1.54, 1.807) is 7.11 Å². The van der Waals surface area contributed by atoms with Crippen molar-refractivity contribution in [3.63, 3.8) is 0 Å². The molecule has 0 spiro atoms. The Hall–Kier alpha value is -0.790. The van der Waals surface area contributed by atoms with Crippen molar-refractivity contribution in [3.8, 4) is 5.75 Å². The predicted octanol–water partition coefficient (Wildman–Crippen LogP) is 5.66. The number of hydrogen-bond acceptors (Lipinski definition) is 7. The molecule has 4 heterocycles. The Kier molecular flexibility index (Phi) is 12.0. The van der Waals surface area contributed by atoms with Crippen molar-refractivity contribution in [2.24, 2.45) is 5.92 Å². The highest BCUT2D eigenvalue weighted by molar-refractivity contribution is 14.1. The molecule has 0 radical (unpaired) electrons. The van der Waals surface area contributed by atoms with E-state index in [4.69, 9.17) is 19.2 Å². The predicted molar refractivity (Wildman–Crippen MR) is 186 cm³/mol. The molecular formula is C31H42I2N3O5P. The van der Waals surface area contributed by atoms with Gasteiger partial charge in [-0.05, 0) is 79.9 Å². The Morgan fingerprint density at radius 3 is 2.88 bits per heavy atom. The molecule has 5 atom stereocenters. The number of rotatable bonds is 13. The lowest BCUT2D eigenvalue weighted by Crippen LogP contribution is -2.34. The normalized spacial score (nSPS) is 22.2. The van der Waals surface area contributed by atoms with Crippen LogP contribution in [0.2, 0.25) is 0 Å². The zero-order chi connectivity index (χ0) is 29.6. The molecular weight excluding hydrogens is 779 g/mol. The fraction of sp³-hybridized carbons (Fsp3) is 0.613. The summed E-state index contributed by atoms with van der Waals surface area (Å²) in [5.41, 5.74) is 4.13. The van der Waals surface area contributed by atoms with Gasteiger partial charge in [-0.15, -0.1) is 9.24 Å². The van der Waals surface area contributed by atoms with Gasteiger partial charge in [0.25, 0.3) is 0 Å². The van der Waals surface area contributed by atoms with Crippen LogP contribution in [-0.4, -0.2) is 70.9 Å². The number of carboxylic acids is 1. The van der Waals surface area contributed by atoms with E-state index in [1.807, 2.05) is 18.2 Å². The molecule has 2 saturated heterocycles. The summed E-state index contributed by atoms with van der Waals surface area (Å²) >= 11 is 4.96. The first-order valence-electron chi connectivity index (χ1n) is 15.0. The Bertz CT molecular complexity index is 1230. The van der Waals surface area contributed by atoms with Crippen molar-refractivity contribution in [2.75, 3.05) is 43.1 Å². The number of halogens is 2. The molecule has 8 nitrogen and oxygen atoms in total. The third-order valence-electron chi connectivity index (χ3n) is 8.70. The summed E-state index contributed by atoms with van der Waals surface area (Å²) in [5.74, 6) is 1.73. The average molecular weight is 821 g/mol. The number of methoxy groups -OCH3 is 1. The van der Waals surface area contributed by atoms with E-state index in [1.165, 1.54) is 5.56 Å². The lowest BCUT2D eigenvalue weighted by molar-refractivity contribution is -0.143. The molecule has 0 bridgehead atoms. The second-order valence-corrected chi connectivity index (χ2v) is 15.0. The van der Waals surface area contributed by atoms with Crippen molar-refractivity contribution in [1.29, 1.82) is 0 Å². The number of hydrogen-bond donors (Lipinski definition) is 1. The average Bonchev–Trinajstić information content (AvgIpc) is 3.68. The van der Waals surface area contributed by atoms with Crippen LogP contribution in [0, 0.1) is 5.92 Å². The minimum absolute atomic E-state index is 0.0822. The highest BCUT2D eigenvalue weighted by Gasteiger charge is 2.37. The van der Waals surface area contributed by atoms with Crippen molar-refractivity contribution in [3.05, 3.63) is 46.6 Å². The summed E-state index contributed by atoms with van der Waals surface area (Å²) in [7, 11) is 4.47. The van der Waals surface area contributed by atoms with Crippen LogP contribution in [0.1, 0.15) is 67.0 Å². The molecule has 230 valence electrons. The number of aliphatic carboxylic acids is 1. The minimum atomic E-state index is -0.792. The summed E-state index contributed by atoms with van der Waals surface area (Å²) in [4.78, 5) is 19.8. The van der Waals surface area contributed by atoms with Gasteiger partial charge in [-0.3, -0.25) is 12.8 Å². The first kappa shape index (κ1) is 32.6. The maximum absolute atomic E-state index is 12.7. The monoisotopic (exact) mass is 821 g/mol. The van der Waals surface area contributed by atoms with Gasteiger partial charge in [-0.25, -0.2) is 4.98 Å². The van der Waals surface area contributed by atoms with Crippen molar-refractivity contribution >= 4 is 71.8 Å². The van der Waals surface area contributed by atoms with E-state index in [0.717, 1.165) is 111 Å². The SMILES string of the molecule is COc1cc(CCCCC(I)C2CCN(C(C(=O)O)c3cc(P)ccc3CO[C@H]3CCOC3)C2)nc2c1CCCN2I. The van der Waals surface area contributed by atoms with Crippen molar-refractivity contribution < 1.29 is 24.1 Å². The van der Waals surface area contributed by atoms with Crippen molar-refractivity contribution in [1.82, 2.24) is 9.88 Å². The van der Waals surface area contributed by atoms with Crippen LogP contribution in [-0.2, 0) is 33.7 Å². The van der Waals surface area contributed by atoms with Crippen LogP contribution in [0.4, 0.5) is 5.82 Å². The van der Waals surface area contributed by atoms with Crippen LogP contribution in [0.5, 0.6) is 5.75 Å². The molecule has 4 unspecified atom stereocenters. The Morgan fingerprint density at radius 2 is 2.12 bits per heavy atom. The summed E-state index contributed by atoms with van der Waals surface area (Å²) in [6, 6.07) is 7.49. The van der Waals surface area contributed by atoms with Crippen LogP contribution < -0.4 is 13.2 Å². The van der Waals surface area contributed by atoms with Gasteiger partial charge in [-0.1, -0.05) is 41.1 Å². The number of anilines is 1. The Morgan fingerprint density at radius 1 is 1.26 bits per heavy atom. The fourth-order valence-electron chi connectivity index (χ4n) is 6.39. The summed E-state index contributed by atoms with van der Waals surface area (Å²) < 4.78 is 20.0. The number of pyridine rings is 1. The fourth-order valence-corrected chi connectivity index (χ4v) is 8.44. The Balaban J connectivity index is 1.15. The highest BCUT2D eigenvalue weighted by atomic mass is 127. The molecule has 11 heteroatoms. The lowest BCUT2D eigenvalue weighted by Gasteiger charge is -2.28. The van der Waals surface area contributed by atoms with Gasteiger partial charge in [0.2, 0.25) is 0 Å². The van der Waals surface area contributed by atoms with Gasteiger partial charge in [0.05, 0.1) is 49.3 Å². The summed E-state index contributed by atoms with van der Waals surface area (Å²) in [6.45, 7) is 4.37.